The van der Waals surface area contributed by atoms with Crippen LogP contribution in [-0.2, 0) is 42.9 Å². The summed E-state index contributed by atoms with van der Waals surface area (Å²) in [6.07, 6.45) is -2.26. The number of aromatic nitrogens is 2. The lowest BCUT2D eigenvalue weighted by Crippen LogP contribution is -2.45. The maximum atomic E-state index is 13.3. The number of allylic oxidation sites excluding steroid dienone is 1. The van der Waals surface area contributed by atoms with E-state index >= 15 is 0 Å². The zero-order valence-corrected chi connectivity index (χ0v) is 33.3. The molecule has 1 amide bonds. The number of carbonyl (C=O) groups excluding carboxylic acids is 6. The maximum absolute atomic E-state index is 13.3. The second-order valence-electron chi connectivity index (χ2n) is 11.9. The fraction of sp³-hybridized carbons (Fsp3) is 0.361. The molecule has 0 fully saturated rings. The van der Waals surface area contributed by atoms with Gasteiger partial charge in [-0.3, -0.25) is 29.4 Å². The van der Waals surface area contributed by atoms with Crippen LogP contribution < -0.4 is 10.1 Å². The maximum Gasteiger partial charge on any atom is 0.347 e. The van der Waals surface area contributed by atoms with Gasteiger partial charge in [0.2, 0.25) is 5.96 Å². The Morgan fingerprint density at radius 3 is 2.09 bits per heavy atom. The summed E-state index contributed by atoms with van der Waals surface area (Å²) < 4.78 is 26.4. The number of halogens is 3. The molecular weight excluding hydrogens is 829 g/mol. The number of esters is 4. The van der Waals surface area contributed by atoms with Gasteiger partial charge >= 0.3 is 23.9 Å². The number of rotatable bonds is 15. The molecule has 1 aromatic heterocycles. The number of hydrogen-bond donors (Lipinski definition) is 1. The number of nitrogens with one attached hydrogen (secondary N) is 1. The van der Waals surface area contributed by atoms with E-state index in [-0.39, 0.29) is 39.6 Å². The van der Waals surface area contributed by atoms with Crippen LogP contribution in [0.15, 0.2) is 58.3 Å². The van der Waals surface area contributed by atoms with Gasteiger partial charge in [0.1, 0.15) is 16.3 Å². The average molecular weight is 866 g/mol. The topological polar surface area (TPSA) is 202 Å². The van der Waals surface area contributed by atoms with E-state index in [4.69, 9.17) is 46.9 Å². The van der Waals surface area contributed by atoms with Crippen LogP contribution in [-0.4, -0.2) is 101 Å². The molecule has 0 radical (unpaired) electrons. The Balaban J connectivity index is 1.22. The third kappa shape index (κ3) is 10.6. The van der Waals surface area contributed by atoms with Gasteiger partial charge in [-0.1, -0.05) is 36.7 Å². The van der Waals surface area contributed by atoms with Crippen LogP contribution in [0.5, 0.6) is 5.75 Å². The number of aliphatic imine (C=N–C) groups is 1. The molecular formula is C36H36BrCl2N5O11. The molecule has 1 N–H and O–H groups in total. The molecule has 1 aliphatic rings. The second-order valence-corrected chi connectivity index (χ2v) is 13.4. The van der Waals surface area contributed by atoms with Gasteiger partial charge < -0.3 is 29.0 Å². The Kier molecular flexibility index (Phi) is 14.7. The monoisotopic (exact) mass is 863 g/mol. The predicted octanol–water partition coefficient (Wildman–Crippen LogP) is 5.26. The highest BCUT2D eigenvalue weighted by atomic mass is 79.9. The zero-order valence-electron chi connectivity index (χ0n) is 30.2. The number of ketones is 1. The van der Waals surface area contributed by atoms with Crippen LogP contribution in [0.4, 0.5) is 5.69 Å². The average Bonchev–Trinajstić information content (AvgIpc) is 3.63. The second kappa shape index (κ2) is 19.0. The van der Waals surface area contributed by atoms with Gasteiger partial charge in [-0.2, -0.15) is 0 Å². The number of anilines is 1. The highest BCUT2D eigenvalue weighted by molar-refractivity contribution is 9.10. The molecule has 0 spiro atoms. The highest BCUT2D eigenvalue weighted by Gasteiger charge is 2.33. The fourth-order valence-electron chi connectivity index (χ4n) is 4.75. The lowest BCUT2D eigenvalue weighted by Gasteiger charge is -2.24. The van der Waals surface area contributed by atoms with Crippen LogP contribution in [0.2, 0.25) is 10.0 Å². The largest absolute Gasteiger partial charge is 0.480 e. The molecule has 1 aliphatic heterocycles. The Hall–Kier alpha value is -5.13. The minimum Gasteiger partial charge on any atom is -0.480 e. The van der Waals surface area contributed by atoms with Gasteiger partial charge in [0.15, 0.2) is 36.8 Å². The predicted molar refractivity (Wildman–Crippen MR) is 203 cm³/mol. The molecule has 0 aliphatic carbocycles. The molecule has 0 saturated carbocycles. The van der Waals surface area contributed by atoms with Crippen molar-refractivity contribution in [3.8, 4) is 5.75 Å². The highest BCUT2D eigenvalue weighted by Crippen LogP contribution is 2.36. The van der Waals surface area contributed by atoms with Gasteiger partial charge in [-0.15, -0.1) is 0 Å². The number of fused-ring (bicyclic) bond motifs is 1. The van der Waals surface area contributed by atoms with E-state index in [0.29, 0.717) is 39.7 Å². The molecule has 0 bridgehead atoms. The zero-order chi connectivity index (χ0) is 40.6. The molecule has 292 valence electrons. The minimum absolute atomic E-state index is 0.0200. The van der Waals surface area contributed by atoms with E-state index in [0.717, 1.165) is 0 Å². The number of nitrogens with zero attached hydrogens (tertiary/aromatic N) is 4. The number of carbonyl (C=O) groups is 6. The van der Waals surface area contributed by atoms with Crippen LogP contribution >= 0.6 is 39.1 Å². The first kappa shape index (κ1) is 42.6. The molecule has 2 aromatic carbocycles. The molecule has 19 heteroatoms. The number of benzene rings is 2. The number of guanidine groups is 1. The van der Waals surface area contributed by atoms with Crippen molar-refractivity contribution in [3.63, 3.8) is 0 Å². The van der Waals surface area contributed by atoms with Gasteiger partial charge in [0.05, 0.1) is 27.2 Å². The molecule has 0 saturated heterocycles. The Bertz CT molecular complexity index is 2060. The summed E-state index contributed by atoms with van der Waals surface area (Å²) in [4.78, 5) is 90.2. The SMILES string of the molecule is C=C(CC)C(=O)c1ccc(OCC(=O)OC(C)C(=O)OC(C)C(=O)OC(C)C(=O)OC(C)C(=O)N2CCN=C2Nc2ccc3nccnc3c2Br)c(Cl)c1Cl. The van der Waals surface area contributed by atoms with Crippen molar-refractivity contribution in [1.82, 2.24) is 14.9 Å². The molecule has 16 nitrogen and oxygen atoms in total. The first-order valence-electron chi connectivity index (χ1n) is 16.7. The van der Waals surface area contributed by atoms with Crippen molar-refractivity contribution in [1.29, 1.82) is 0 Å². The number of hydrogen-bond acceptors (Lipinski definition) is 15. The first-order valence-corrected chi connectivity index (χ1v) is 18.2. The quantitative estimate of drug-likeness (QED) is 0.0897. The first-order chi connectivity index (χ1) is 26.0. The van der Waals surface area contributed by atoms with Crippen LogP contribution in [0.3, 0.4) is 0 Å². The van der Waals surface area contributed by atoms with E-state index in [1.165, 1.54) is 44.7 Å². The van der Waals surface area contributed by atoms with E-state index in [1.807, 2.05) is 0 Å². The third-order valence-corrected chi connectivity index (χ3v) is 9.51. The van der Waals surface area contributed by atoms with Crippen molar-refractivity contribution in [2.75, 3.05) is 25.0 Å². The van der Waals surface area contributed by atoms with Crippen LogP contribution in [0.25, 0.3) is 11.0 Å². The van der Waals surface area contributed by atoms with Gasteiger partial charge in [0, 0.05) is 24.5 Å². The van der Waals surface area contributed by atoms with E-state index in [2.05, 4.69) is 42.8 Å². The van der Waals surface area contributed by atoms with Crippen molar-refractivity contribution in [2.45, 2.75) is 65.5 Å². The van der Waals surface area contributed by atoms with Gasteiger partial charge in [-0.05, 0) is 79.9 Å². The standard InChI is InChI=1S/C36H36BrCl2N5O11/c1-7-17(2)31(46)22-8-11-25(29(39)28(22)38)51-16-26(45)52-19(4)33(48)54-21(6)35(50)55-20(5)34(49)53-18(3)32(47)44-15-14-42-36(44)43-23-9-10-24-30(27(23)37)41-13-12-40-24/h8-13,18-21H,2,7,14-16H2,1,3-6H3,(H,42,43). The smallest absolute Gasteiger partial charge is 0.347 e. The van der Waals surface area contributed by atoms with E-state index in [1.54, 1.807) is 31.5 Å². The molecule has 4 unspecified atom stereocenters. The Labute approximate surface area is 333 Å². The number of ether oxygens (including phenoxy) is 5. The molecule has 3 aromatic rings. The fourth-order valence-corrected chi connectivity index (χ4v) is 5.75. The van der Waals surface area contributed by atoms with Gasteiger partial charge in [-0.25, -0.2) is 19.2 Å². The van der Waals surface area contributed by atoms with Crippen molar-refractivity contribution in [3.05, 3.63) is 68.9 Å². The van der Waals surface area contributed by atoms with E-state index in [9.17, 15) is 28.8 Å². The summed E-state index contributed by atoms with van der Waals surface area (Å²) in [5.74, 6) is -5.01. The Morgan fingerprint density at radius 1 is 0.855 bits per heavy atom. The summed E-state index contributed by atoms with van der Waals surface area (Å²) in [5.41, 5.74) is 2.29. The van der Waals surface area contributed by atoms with E-state index < -0.39 is 60.8 Å². The molecule has 55 heavy (non-hydrogen) atoms. The summed E-state index contributed by atoms with van der Waals surface area (Å²) in [6.45, 7) is 10.2. The van der Waals surface area contributed by atoms with Crippen molar-refractivity contribution in [2.24, 2.45) is 4.99 Å². The molecule has 2 heterocycles. The molecule has 4 rings (SSSR count). The summed E-state index contributed by atoms with van der Waals surface area (Å²) in [5, 5.41) is 2.89. The lowest BCUT2D eigenvalue weighted by molar-refractivity contribution is -0.183. The lowest BCUT2D eigenvalue weighted by atomic mass is 10.0. The number of amides is 1. The molecule has 4 atom stereocenters. The van der Waals surface area contributed by atoms with Crippen molar-refractivity contribution < 1.29 is 52.5 Å². The normalized spacial score (nSPS) is 14.5. The Morgan fingerprint density at radius 2 is 1.45 bits per heavy atom. The summed E-state index contributed by atoms with van der Waals surface area (Å²) in [7, 11) is 0. The third-order valence-electron chi connectivity index (χ3n) is 7.85. The van der Waals surface area contributed by atoms with Crippen molar-refractivity contribution >= 4 is 97.4 Å². The summed E-state index contributed by atoms with van der Waals surface area (Å²) in [6, 6.07) is 6.23. The van der Waals surface area contributed by atoms with Crippen LogP contribution in [0.1, 0.15) is 51.4 Å². The minimum atomic E-state index is -1.53. The van der Waals surface area contributed by atoms with Crippen LogP contribution in [0, 0.1) is 0 Å². The summed E-state index contributed by atoms with van der Waals surface area (Å²) >= 11 is 15.9. The number of Topliss-reactive ketones (excluding diaryl/α,β-unsaturated/α-hetero) is 1. The van der Waals surface area contributed by atoms with Gasteiger partial charge in [0.25, 0.3) is 5.91 Å².